The fourth-order valence-corrected chi connectivity index (χ4v) is 4.14. The van der Waals surface area contributed by atoms with Crippen LogP contribution in [0.15, 0.2) is 91.0 Å². The van der Waals surface area contributed by atoms with E-state index in [0.717, 1.165) is 16.7 Å². The molecule has 4 rings (SSSR count). The van der Waals surface area contributed by atoms with Crippen LogP contribution in [0.25, 0.3) is 0 Å². The molecule has 1 heterocycles. The van der Waals surface area contributed by atoms with E-state index >= 15 is 0 Å². The predicted molar refractivity (Wildman–Crippen MR) is 126 cm³/mol. The van der Waals surface area contributed by atoms with Gasteiger partial charge in [0, 0.05) is 19.5 Å². The first kappa shape index (κ1) is 22.3. The van der Waals surface area contributed by atoms with Crippen LogP contribution in [0.4, 0.5) is 0 Å². The predicted octanol–water partition coefficient (Wildman–Crippen LogP) is 2.50. The van der Waals surface area contributed by atoms with Crippen molar-refractivity contribution in [1.82, 2.24) is 15.5 Å². The number of nitrogens with one attached hydrogen (secondary N) is 2. The van der Waals surface area contributed by atoms with Crippen LogP contribution in [-0.4, -0.2) is 48.3 Å². The second kappa shape index (κ2) is 10.6. The molecule has 33 heavy (non-hydrogen) atoms. The molecule has 1 atom stereocenters. The summed E-state index contributed by atoms with van der Waals surface area (Å²) in [6, 6.07) is 27.9. The van der Waals surface area contributed by atoms with E-state index in [1.54, 1.807) is 0 Å². The van der Waals surface area contributed by atoms with Crippen molar-refractivity contribution < 1.29 is 14.4 Å². The highest BCUT2D eigenvalue weighted by Crippen LogP contribution is 2.25. The van der Waals surface area contributed by atoms with E-state index in [-0.39, 0.29) is 24.3 Å². The average Bonchev–Trinajstić information content (AvgIpc) is 2.85. The minimum absolute atomic E-state index is 0.000786. The largest absolute Gasteiger partial charge is 0.353 e. The molecule has 3 amide bonds. The summed E-state index contributed by atoms with van der Waals surface area (Å²) in [5.41, 5.74) is 2.64. The molecule has 1 aliphatic rings. The summed E-state index contributed by atoms with van der Waals surface area (Å²) in [6.07, 6.45) is 0.347. The molecule has 1 fully saturated rings. The zero-order valence-electron chi connectivity index (χ0n) is 18.3. The molecule has 0 radical (unpaired) electrons. The molecule has 0 aliphatic carbocycles. The van der Waals surface area contributed by atoms with Crippen molar-refractivity contribution in [3.63, 3.8) is 0 Å². The van der Waals surface area contributed by atoms with Gasteiger partial charge in [-0.3, -0.25) is 14.4 Å². The Hall–Kier alpha value is -3.93. The molecule has 1 aliphatic heterocycles. The molecule has 6 heteroatoms. The first-order valence-corrected chi connectivity index (χ1v) is 11.1. The van der Waals surface area contributed by atoms with E-state index in [1.165, 1.54) is 4.90 Å². The Morgan fingerprint density at radius 3 is 1.94 bits per heavy atom. The molecule has 0 aromatic heterocycles. The Balaban J connectivity index is 1.62. The molecular weight excluding hydrogens is 414 g/mol. The molecule has 0 saturated carbocycles. The van der Waals surface area contributed by atoms with Crippen molar-refractivity contribution in [2.45, 2.75) is 18.4 Å². The number of rotatable bonds is 7. The van der Waals surface area contributed by atoms with Crippen molar-refractivity contribution in [2.75, 3.05) is 19.6 Å². The summed E-state index contributed by atoms with van der Waals surface area (Å²) in [5.74, 6) is -1.24. The van der Waals surface area contributed by atoms with Gasteiger partial charge in [-0.05, 0) is 16.7 Å². The maximum absolute atomic E-state index is 13.6. The summed E-state index contributed by atoms with van der Waals surface area (Å²) in [6.45, 7) is 0.834. The van der Waals surface area contributed by atoms with Crippen molar-refractivity contribution in [1.29, 1.82) is 0 Å². The Kier molecular flexibility index (Phi) is 7.15. The van der Waals surface area contributed by atoms with Crippen LogP contribution in [0.3, 0.4) is 0 Å². The quantitative estimate of drug-likeness (QED) is 0.591. The highest BCUT2D eigenvalue weighted by atomic mass is 16.2. The Bertz CT molecular complexity index is 1050. The molecule has 3 aromatic carbocycles. The summed E-state index contributed by atoms with van der Waals surface area (Å²) >= 11 is 0. The second-order valence-corrected chi connectivity index (χ2v) is 8.12. The van der Waals surface area contributed by atoms with Gasteiger partial charge in [-0.2, -0.15) is 0 Å². The number of hydrogen-bond donors (Lipinski definition) is 2. The van der Waals surface area contributed by atoms with E-state index in [0.29, 0.717) is 19.5 Å². The van der Waals surface area contributed by atoms with E-state index in [1.807, 2.05) is 91.0 Å². The average molecular weight is 442 g/mol. The molecule has 2 N–H and O–H groups in total. The lowest BCUT2D eigenvalue weighted by molar-refractivity contribution is -0.141. The SMILES string of the molecule is O=C1CN(C(=O)[C@@H](Cc2ccccc2)NC(=O)C(c2ccccc2)c2ccccc2)CCN1. The number of hydrogen-bond acceptors (Lipinski definition) is 3. The van der Waals surface area contributed by atoms with Gasteiger partial charge in [-0.15, -0.1) is 0 Å². The zero-order valence-corrected chi connectivity index (χ0v) is 18.3. The van der Waals surface area contributed by atoms with Crippen LogP contribution in [0, 0.1) is 0 Å². The van der Waals surface area contributed by atoms with Crippen LogP contribution >= 0.6 is 0 Å². The monoisotopic (exact) mass is 441 g/mol. The first-order valence-electron chi connectivity index (χ1n) is 11.1. The highest BCUT2D eigenvalue weighted by molar-refractivity contribution is 5.94. The van der Waals surface area contributed by atoms with E-state index in [4.69, 9.17) is 0 Å². The zero-order chi connectivity index (χ0) is 23.0. The third kappa shape index (κ3) is 5.66. The minimum Gasteiger partial charge on any atom is -0.353 e. The Morgan fingerprint density at radius 1 is 0.848 bits per heavy atom. The van der Waals surface area contributed by atoms with Crippen LogP contribution in [-0.2, 0) is 20.8 Å². The van der Waals surface area contributed by atoms with Gasteiger partial charge in [0.25, 0.3) is 0 Å². The van der Waals surface area contributed by atoms with Crippen molar-refractivity contribution in [3.05, 3.63) is 108 Å². The standard InChI is InChI=1S/C27H27N3O3/c31-24-19-30(17-16-28-24)27(33)23(18-20-10-4-1-5-11-20)29-26(32)25(21-12-6-2-7-13-21)22-14-8-3-9-15-22/h1-15,23,25H,16-19H2,(H,28,31)(H,29,32)/t23-/m1/s1. The van der Waals surface area contributed by atoms with Gasteiger partial charge >= 0.3 is 0 Å². The van der Waals surface area contributed by atoms with Gasteiger partial charge in [0.1, 0.15) is 6.04 Å². The van der Waals surface area contributed by atoms with Gasteiger partial charge < -0.3 is 15.5 Å². The van der Waals surface area contributed by atoms with Crippen LogP contribution in [0.1, 0.15) is 22.6 Å². The second-order valence-electron chi connectivity index (χ2n) is 8.12. The van der Waals surface area contributed by atoms with Gasteiger partial charge in [-0.25, -0.2) is 0 Å². The molecule has 3 aromatic rings. The molecule has 0 spiro atoms. The minimum atomic E-state index is -0.777. The molecular formula is C27H27N3O3. The highest BCUT2D eigenvalue weighted by Gasteiger charge is 2.32. The first-order chi connectivity index (χ1) is 16.1. The lowest BCUT2D eigenvalue weighted by Gasteiger charge is -2.31. The number of piperazine rings is 1. The topological polar surface area (TPSA) is 78.5 Å². The lowest BCUT2D eigenvalue weighted by Crippen LogP contribution is -2.56. The van der Waals surface area contributed by atoms with Gasteiger partial charge in [0.2, 0.25) is 17.7 Å². The van der Waals surface area contributed by atoms with Crippen LogP contribution < -0.4 is 10.6 Å². The van der Waals surface area contributed by atoms with Crippen molar-refractivity contribution >= 4 is 17.7 Å². The molecule has 168 valence electrons. The number of benzene rings is 3. The normalized spacial score (nSPS) is 14.5. The van der Waals surface area contributed by atoms with Gasteiger partial charge in [-0.1, -0.05) is 91.0 Å². The summed E-state index contributed by atoms with van der Waals surface area (Å²) in [5, 5.41) is 5.75. The third-order valence-electron chi connectivity index (χ3n) is 5.78. The summed E-state index contributed by atoms with van der Waals surface area (Å²) < 4.78 is 0. The number of nitrogens with zero attached hydrogens (tertiary/aromatic N) is 1. The smallest absolute Gasteiger partial charge is 0.246 e. The lowest BCUT2D eigenvalue weighted by atomic mass is 9.90. The summed E-state index contributed by atoms with van der Waals surface area (Å²) in [4.78, 5) is 40.4. The number of amides is 3. The fraction of sp³-hybridized carbons (Fsp3) is 0.222. The number of carbonyl (C=O) groups excluding carboxylic acids is 3. The molecule has 0 unspecified atom stereocenters. The molecule has 0 bridgehead atoms. The molecule has 6 nitrogen and oxygen atoms in total. The maximum atomic E-state index is 13.6. The Labute approximate surface area is 193 Å². The maximum Gasteiger partial charge on any atom is 0.246 e. The van der Waals surface area contributed by atoms with E-state index in [9.17, 15) is 14.4 Å². The van der Waals surface area contributed by atoms with Crippen LogP contribution in [0.5, 0.6) is 0 Å². The fourth-order valence-electron chi connectivity index (χ4n) is 4.14. The van der Waals surface area contributed by atoms with Gasteiger partial charge in [0.15, 0.2) is 0 Å². The molecule has 1 saturated heterocycles. The van der Waals surface area contributed by atoms with Crippen molar-refractivity contribution in [3.8, 4) is 0 Å². The summed E-state index contributed by atoms with van der Waals surface area (Å²) in [7, 11) is 0. The van der Waals surface area contributed by atoms with Gasteiger partial charge in [0.05, 0.1) is 12.5 Å². The van der Waals surface area contributed by atoms with Crippen LogP contribution in [0.2, 0.25) is 0 Å². The van der Waals surface area contributed by atoms with E-state index < -0.39 is 12.0 Å². The number of carbonyl (C=O) groups is 3. The van der Waals surface area contributed by atoms with Crippen molar-refractivity contribution in [2.24, 2.45) is 0 Å². The Morgan fingerprint density at radius 2 is 1.39 bits per heavy atom. The third-order valence-corrected chi connectivity index (χ3v) is 5.78. The van der Waals surface area contributed by atoms with E-state index in [2.05, 4.69) is 10.6 Å².